The number of benzene rings is 6. The molecule has 0 bridgehead atoms. The largest absolute Gasteiger partial charge is 1.00 e. The number of rotatable bonds is 7. The Balaban J connectivity index is 0.000000190. The van der Waals surface area contributed by atoms with Crippen LogP contribution in [0.5, 0.6) is 0 Å². The van der Waals surface area contributed by atoms with Crippen LogP contribution in [0.25, 0.3) is 0 Å². The first-order valence-corrected chi connectivity index (χ1v) is 18.4. The zero-order valence-electron chi connectivity index (χ0n) is 23.5. The van der Waals surface area contributed by atoms with Crippen LogP contribution in [0.4, 0.5) is 0 Å². The van der Waals surface area contributed by atoms with Crippen molar-refractivity contribution in [2.75, 3.05) is 0 Å². The van der Waals surface area contributed by atoms with Gasteiger partial charge in [-0.15, -0.1) is 0 Å². The molecular weight excluding hydrogens is 751 g/mol. The van der Waals surface area contributed by atoms with Crippen molar-refractivity contribution in [3.8, 4) is 0 Å². The molecular formula is C38H34AuClP2. The molecule has 0 amide bonds. The quantitative estimate of drug-likeness (QED) is 0.0869. The molecule has 0 saturated carbocycles. The first-order chi connectivity index (χ1) is 20.1. The maximum atomic E-state index is 7.63. The van der Waals surface area contributed by atoms with Crippen LogP contribution in [-0.4, -0.2) is 0 Å². The molecule has 214 valence electrons. The van der Waals surface area contributed by atoms with E-state index in [4.69, 9.17) is 11.2 Å². The average molecular weight is 785 g/mol. The molecule has 0 saturated heterocycles. The molecule has 0 aromatic heterocycles. The molecule has 0 nitrogen and oxygen atoms in total. The molecule has 0 aliphatic rings. The van der Waals surface area contributed by atoms with Crippen LogP contribution in [0.2, 0.25) is 0 Å². The van der Waals surface area contributed by atoms with Gasteiger partial charge in [-0.1, -0.05) is 91.0 Å². The molecule has 42 heavy (non-hydrogen) atoms. The van der Waals surface area contributed by atoms with E-state index in [-0.39, 0.29) is 22.4 Å². The molecule has 0 fully saturated rings. The molecule has 0 aliphatic heterocycles. The van der Waals surface area contributed by atoms with Crippen molar-refractivity contribution in [3.63, 3.8) is 0 Å². The Morgan fingerprint density at radius 3 is 0.833 bits per heavy atom. The van der Waals surface area contributed by atoms with Gasteiger partial charge in [0.1, 0.15) is 0 Å². The second kappa shape index (κ2) is 15.1. The van der Waals surface area contributed by atoms with E-state index in [1.807, 2.05) is 18.2 Å². The van der Waals surface area contributed by atoms with Gasteiger partial charge in [0.15, 0.2) is 0 Å². The van der Waals surface area contributed by atoms with Gasteiger partial charge in [-0.3, -0.25) is 0 Å². The average Bonchev–Trinajstić information content (AvgIpc) is 3.08. The fourth-order valence-electron chi connectivity index (χ4n) is 5.23. The van der Waals surface area contributed by atoms with Crippen molar-refractivity contribution >= 4 is 56.9 Å². The molecule has 0 radical (unpaired) electrons. The van der Waals surface area contributed by atoms with E-state index < -0.39 is 13.9 Å². The zero-order valence-corrected chi connectivity index (χ0v) is 28.2. The van der Waals surface area contributed by atoms with Crippen LogP contribution in [0, 0.1) is 6.16 Å². The summed E-state index contributed by atoms with van der Waals surface area (Å²) in [5.41, 5.74) is 0. The molecule has 0 aliphatic carbocycles. The SMILES string of the molecule is C[CH-]P(Cl)(c1ccccc1)(c1ccccc1)c1ccccc1.[Au+].c1ccc(P(c2ccccc2)c2ccccc2)cc1. The summed E-state index contributed by atoms with van der Waals surface area (Å²) in [6, 6.07) is 63.7. The minimum atomic E-state index is -3.05. The molecule has 6 rings (SSSR count). The van der Waals surface area contributed by atoms with Crippen molar-refractivity contribution in [3.05, 3.63) is 188 Å². The molecule has 0 N–H and O–H groups in total. The molecule has 0 unspecified atom stereocenters. The third-order valence-electron chi connectivity index (χ3n) is 7.31. The summed E-state index contributed by atoms with van der Waals surface area (Å²) in [4.78, 5) is 0. The molecule has 6 aromatic carbocycles. The summed E-state index contributed by atoms with van der Waals surface area (Å²) in [6.07, 6.45) is 2.22. The third-order valence-corrected chi connectivity index (χ3v) is 17.0. The van der Waals surface area contributed by atoms with Crippen LogP contribution in [0.15, 0.2) is 182 Å². The van der Waals surface area contributed by atoms with Gasteiger partial charge >= 0.3 is 160 Å². The van der Waals surface area contributed by atoms with E-state index in [0.29, 0.717) is 0 Å². The first kappa shape index (κ1) is 32.1. The number of hydrogen-bond donors (Lipinski definition) is 0. The minimum absolute atomic E-state index is 0. The maximum Gasteiger partial charge on any atom is 1.00 e. The van der Waals surface area contributed by atoms with E-state index in [9.17, 15) is 0 Å². The second-order valence-electron chi connectivity index (χ2n) is 9.68. The predicted molar refractivity (Wildman–Crippen MR) is 186 cm³/mol. The third kappa shape index (κ3) is 6.72. The van der Waals surface area contributed by atoms with Crippen molar-refractivity contribution < 1.29 is 22.4 Å². The fourth-order valence-corrected chi connectivity index (χ4v) is 12.6. The zero-order chi connectivity index (χ0) is 28.4. The van der Waals surface area contributed by atoms with Gasteiger partial charge in [0.05, 0.1) is 0 Å². The summed E-state index contributed by atoms with van der Waals surface area (Å²) in [7, 11) is -0.446. The fraction of sp³-hybridized carbons (Fsp3) is 0.0263. The summed E-state index contributed by atoms with van der Waals surface area (Å²) in [6.45, 7) is 2.08. The monoisotopic (exact) mass is 784 g/mol. The molecule has 0 atom stereocenters. The normalized spacial score (nSPS) is 11.7. The van der Waals surface area contributed by atoms with Gasteiger partial charge in [0.2, 0.25) is 0 Å². The van der Waals surface area contributed by atoms with Gasteiger partial charge < -0.3 is 0 Å². The van der Waals surface area contributed by atoms with Gasteiger partial charge in [0, 0.05) is 0 Å². The Bertz CT molecular complexity index is 1420. The summed E-state index contributed by atoms with van der Waals surface area (Å²) in [5.74, 6) is -3.05. The summed E-state index contributed by atoms with van der Waals surface area (Å²) < 4.78 is 0. The molecule has 0 heterocycles. The molecule has 4 heteroatoms. The van der Waals surface area contributed by atoms with Crippen molar-refractivity contribution in [1.82, 2.24) is 0 Å². The molecule has 0 spiro atoms. The topological polar surface area (TPSA) is 0 Å². The maximum absolute atomic E-state index is 7.63. The van der Waals surface area contributed by atoms with E-state index >= 15 is 0 Å². The summed E-state index contributed by atoms with van der Waals surface area (Å²) in [5, 5.41) is 7.72. The predicted octanol–water partition coefficient (Wildman–Crippen LogP) is 8.29. The number of hydrogen-bond acceptors (Lipinski definition) is 0. The van der Waals surface area contributed by atoms with Gasteiger partial charge in [-0.25, -0.2) is 0 Å². The van der Waals surface area contributed by atoms with Gasteiger partial charge in [0.25, 0.3) is 0 Å². The molecule has 6 aromatic rings. The van der Waals surface area contributed by atoms with E-state index in [1.54, 1.807) is 0 Å². The van der Waals surface area contributed by atoms with Crippen LogP contribution in [-0.2, 0) is 22.4 Å². The van der Waals surface area contributed by atoms with E-state index in [2.05, 4.69) is 177 Å². The first-order valence-electron chi connectivity index (χ1n) is 13.8. The van der Waals surface area contributed by atoms with Gasteiger partial charge in [-0.05, 0) is 23.8 Å². The van der Waals surface area contributed by atoms with Crippen molar-refractivity contribution in [2.24, 2.45) is 0 Å². The number of halogens is 1. The smallest absolute Gasteiger partial charge is 0.0622 e. The van der Waals surface area contributed by atoms with Gasteiger partial charge in [-0.2, -0.15) is 0 Å². The van der Waals surface area contributed by atoms with Crippen molar-refractivity contribution in [1.29, 1.82) is 0 Å². The summed E-state index contributed by atoms with van der Waals surface area (Å²) >= 11 is 7.63. The Hall–Kier alpha value is -2.79. The van der Waals surface area contributed by atoms with E-state index in [1.165, 1.54) is 31.8 Å². The Morgan fingerprint density at radius 1 is 0.405 bits per heavy atom. The van der Waals surface area contributed by atoms with E-state index in [0.717, 1.165) is 0 Å². The Kier molecular flexibility index (Phi) is 11.5. The standard InChI is InChI=1S/C20H19ClP.C18H15P.Au/c1-2-22(21,18-12-6-3-7-13-18,19-14-8-4-9-15-19)20-16-10-5-11-17-20;1-4-10-16(11-5-1)19(17-12-6-2-7-13-17)18-14-8-3-9-15-18;/h2-17H,1H3;1-15H;/q-1;;+1. The van der Waals surface area contributed by atoms with Crippen molar-refractivity contribution in [2.45, 2.75) is 6.92 Å². The second-order valence-corrected chi connectivity index (χ2v) is 18.2. The Morgan fingerprint density at radius 2 is 0.619 bits per heavy atom. The Labute approximate surface area is 272 Å². The minimum Gasteiger partial charge on any atom is -0.0622 e. The van der Waals surface area contributed by atoms with Crippen LogP contribution in [0.1, 0.15) is 6.92 Å². The van der Waals surface area contributed by atoms with Crippen LogP contribution >= 0.6 is 25.1 Å². The van der Waals surface area contributed by atoms with Crippen LogP contribution < -0.4 is 31.8 Å². The van der Waals surface area contributed by atoms with Crippen LogP contribution in [0.3, 0.4) is 0 Å².